The zero-order valence-corrected chi connectivity index (χ0v) is 14.5. The lowest BCUT2D eigenvalue weighted by molar-refractivity contribution is -0.110. The molecule has 0 saturated carbocycles. The van der Waals surface area contributed by atoms with Gasteiger partial charge in [-0.05, 0) is 31.0 Å². The lowest BCUT2D eigenvalue weighted by atomic mass is 9.99. The minimum Gasteiger partial charge on any atom is -0.382 e. The monoisotopic (exact) mass is 336 g/mol. The fourth-order valence-corrected chi connectivity index (χ4v) is 2.68. The number of nitrogens with one attached hydrogen (secondary N) is 2. The van der Waals surface area contributed by atoms with Gasteiger partial charge in [-0.1, -0.05) is 13.8 Å². The van der Waals surface area contributed by atoms with E-state index >= 15 is 0 Å². The molecule has 1 aromatic heterocycles. The molecule has 1 aromatic carbocycles. The van der Waals surface area contributed by atoms with E-state index in [1.165, 1.54) is 6.92 Å². The number of rotatable bonds is 5. The molecule has 2 N–H and O–H groups in total. The first-order valence-corrected chi connectivity index (χ1v) is 8.18. The number of hydrogen-bond acceptors (Lipinski definition) is 5. The van der Waals surface area contributed by atoms with Crippen molar-refractivity contribution >= 4 is 28.6 Å². The van der Waals surface area contributed by atoms with Crippen molar-refractivity contribution in [2.75, 3.05) is 11.9 Å². The maximum atomic E-state index is 12.6. The van der Waals surface area contributed by atoms with E-state index in [0.717, 1.165) is 0 Å². The fraction of sp³-hybridized carbons (Fsp3) is 0.263. The number of anilines is 1. The van der Waals surface area contributed by atoms with E-state index < -0.39 is 0 Å². The van der Waals surface area contributed by atoms with E-state index in [2.05, 4.69) is 34.4 Å². The van der Waals surface area contributed by atoms with E-state index in [0.29, 0.717) is 46.2 Å². The fourth-order valence-electron chi connectivity index (χ4n) is 2.68. The molecule has 0 bridgehead atoms. The number of hydrogen-bond donors (Lipinski definition) is 2. The molecule has 0 atom stereocenters. The Hall–Kier alpha value is -3.02. The van der Waals surface area contributed by atoms with E-state index in [1.807, 2.05) is 0 Å². The maximum Gasteiger partial charge on any atom is 0.258 e. The van der Waals surface area contributed by atoms with Crippen LogP contribution in [0.5, 0.6) is 0 Å². The number of nitrogens with zero attached hydrogens (tertiary/aromatic N) is 2. The molecule has 1 amide bonds. The number of aromatic nitrogens is 2. The summed E-state index contributed by atoms with van der Waals surface area (Å²) in [6.45, 7) is 6.37. The highest BCUT2D eigenvalue weighted by atomic mass is 16.2. The Morgan fingerprint density at radius 1 is 1.28 bits per heavy atom. The van der Waals surface area contributed by atoms with Crippen LogP contribution in [-0.2, 0) is 4.79 Å². The number of amides is 1. The quantitative estimate of drug-likeness (QED) is 0.648. The molecule has 6 heteroatoms. The van der Waals surface area contributed by atoms with Crippen LogP contribution < -0.4 is 10.6 Å². The van der Waals surface area contributed by atoms with Crippen molar-refractivity contribution in [3.63, 3.8) is 0 Å². The zero-order valence-electron chi connectivity index (χ0n) is 14.5. The van der Waals surface area contributed by atoms with Crippen LogP contribution in [0.1, 0.15) is 42.4 Å². The summed E-state index contributed by atoms with van der Waals surface area (Å²) in [5.41, 5.74) is 3.66. The lowest BCUT2D eigenvalue weighted by Gasteiger charge is -2.15. The molecule has 1 aliphatic rings. The summed E-state index contributed by atoms with van der Waals surface area (Å²) in [5, 5.41) is 6.18. The molecule has 128 valence electrons. The Balaban J connectivity index is 2.18. The highest BCUT2D eigenvalue weighted by Crippen LogP contribution is 2.36. The van der Waals surface area contributed by atoms with Gasteiger partial charge in [0.2, 0.25) is 0 Å². The summed E-state index contributed by atoms with van der Waals surface area (Å²) >= 11 is 0. The van der Waals surface area contributed by atoms with E-state index in [4.69, 9.17) is 0 Å². The summed E-state index contributed by atoms with van der Waals surface area (Å²) in [6, 6.07) is 5.22. The third-order valence-electron chi connectivity index (χ3n) is 3.93. The third kappa shape index (κ3) is 3.42. The first-order valence-electron chi connectivity index (χ1n) is 8.18. The van der Waals surface area contributed by atoms with Gasteiger partial charge >= 0.3 is 0 Å². The molecule has 25 heavy (non-hydrogen) atoms. The summed E-state index contributed by atoms with van der Waals surface area (Å²) in [5.74, 6) is 0.130. The molecule has 6 nitrogen and oxygen atoms in total. The van der Waals surface area contributed by atoms with Gasteiger partial charge in [0.1, 0.15) is 5.69 Å². The van der Waals surface area contributed by atoms with Crippen molar-refractivity contribution < 1.29 is 9.59 Å². The molecule has 0 saturated heterocycles. The molecule has 0 unspecified atom stereocenters. The van der Waals surface area contributed by atoms with Crippen molar-refractivity contribution in [1.82, 2.24) is 15.3 Å². The van der Waals surface area contributed by atoms with Crippen LogP contribution in [0, 0.1) is 5.92 Å². The molecular formula is C19H20N4O2. The van der Waals surface area contributed by atoms with Crippen LogP contribution in [0.15, 0.2) is 36.8 Å². The van der Waals surface area contributed by atoms with Gasteiger partial charge in [-0.3, -0.25) is 19.6 Å². The van der Waals surface area contributed by atoms with Crippen molar-refractivity contribution in [3.8, 4) is 0 Å². The van der Waals surface area contributed by atoms with Gasteiger partial charge in [-0.2, -0.15) is 0 Å². The van der Waals surface area contributed by atoms with Gasteiger partial charge < -0.3 is 10.6 Å². The highest BCUT2D eigenvalue weighted by Gasteiger charge is 2.29. The summed E-state index contributed by atoms with van der Waals surface area (Å²) in [4.78, 5) is 32.8. The third-order valence-corrected chi connectivity index (χ3v) is 3.93. The minimum absolute atomic E-state index is 0.0438. The van der Waals surface area contributed by atoms with Crippen LogP contribution in [0.25, 0.3) is 11.3 Å². The summed E-state index contributed by atoms with van der Waals surface area (Å²) in [7, 11) is 0. The molecule has 0 spiro atoms. The first-order chi connectivity index (χ1) is 12.0. The Bertz CT molecular complexity index is 857. The van der Waals surface area contributed by atoms with Crippen LogP contribution in [0.4, 0.5) is 5.69 Å². The predicted octanol–water partition coefficient (Wildman–Crippen LogP) is 2.75. The second kappa shape index (κ2) is 6.84. The van der Waals surface area contributed by atoms with Gasteiger partial charge in [0, 0.05) is 35.8 Å². The van der Waals surface area contributed by atoms with Crippen LogP contribution in [0.3, 0.4) is 0 Å². The SMILES string of the molecule is CC(=O)c1ccc2c(c1)/C(=C(/NCC(C)C)c1cnccn1)C(=O)N2. The lowest BCUT2D eigenvalue weighted by Crippen LogP contribution is -2.22. The van der Waals surface area contributed by atoms with Crippen molar-refractivity contribution in [2.24, 2.45) is 5.92 Å². The van der Waals surface area contributed by atoms with Crippen molar-refractivity contribution in [2.45, 2.75) is 20.8 Å². The van der Waals surface area contributed by atoms with E-state index in [1.54, 1.807) is 36.8 Å². The Labute approximate surface area is 146 Å². The standard InChI is InChI=1S/C19H20N4O2/c1-11(2)9-22-18(16-10-20-6-7-21-16)17-14-8-13(12(3)24)4-5-15(14)23-19(17)25/h4-8,10-11,22H,9H2,1-3H3,(H,23,25)/b18-17-. The molecule has 1 aliphatic heterocycles. The van der Waals surface area contributed by atoms with Gasteiger partial charge in [-0.15, -0.1) is 0 Å². The van der Waals surface area contributed by atoms with Crippen LogP contribution >= 0.6 is 0 Å². The molecule has 3 rings (SSSR count). The number of fused-ring (bicyclic) bond motifs is 1. The van der Waals surface area contributed by atoms with E-state index in [9.17, 15) is 9.59 Å². The Morgan fingerprint density at radius 2 is 2.08 bits per heavy atom. The molecule has 0 aliphatic carbocycles. The maximum absolute atomic E-state index is 12.6. The number of carbonyl (C=O) groups is 2. The number of benzene rings is 1. The zero-order chi connectivity index (χ0) is 18.0. The van der Waals surface area contributed by atoms with Gasteiger partial charge in [0.15, 0.2) is 5.78 Å². The Morgan fingerprint density at radius 3 is 2.72 bits per heavy atom. The van der Waals surface area contributed by atoms with Crippen molar-refractivity contribution in [3.05, 3.63) is 53.6 Å². The molecule has 2 aromatic rings. The molecule has 0 radical (unpaired) electrons. The Kier molecular flexibility index (Phi) is 4.61. The predicted molar refractivity (Wildman–Crippen MR) is 96.8 cm³/mol. The average molecular weight is 336 g/mol. The summed E-state index contributed by atoms with van der Waals surface area (Å²) < 4.78 is 0. The van der Waals surface area contributed by atoms with Gasteiger partial charge in [0.05, 0.1) is 17.5 Å². The van der Waals surface area contributed by atoms with Gasteiger partial charge in [0.25, 0.3) is 5.91 Å². The second-order valence-corrected chi connectivity index (χ2v) is 6.39. The van der Waals surface area contributed by atoms with Gasteiger partial charge in [-0.25, -0.2) is 0 Å². The molecule has 0 fully saturated rings. The van der Waals surface area contributed by atoms with Crippen LogP contribution in [0.2, 0.25) is 0 Å². The van der Waals surface area contributed by atoms with Crippen molar-refractivity contribution in [1.29, 1.82) is 0 Å². The molecule has 2 heterocycles. The van der Waals surface area contributed by atoms with Crippen LogP contribution in [-0.4, -0.2) is 28.2 Å². The largest absolute Gasteiger partial charge is 0.382 e. The number of Topliss-reactive ketones (excluding diaryl/α,β-unsaturated/α-hetero) is 1. The second-order valence-electron chi connectivity index (χ2n) is 6.39. The molecular weight excluding hydrogens is 316 g/mol. The average Bonchev–Trinajstić information content (AvgIpc) is 2.91. The highest BCUT2D eigenvalue weighted by molar-refractivity contribution is 6.36. The topological polar surface area (TPSA) is 84.0 Å². The number of carbonyl (C=O) groups excluding carboxylic acids is 2. The normalized spacial score (nSPS) is 15.0. The smallest absolute Gasteiger partial charge is 0.258 e. The first kappa shape index (κ1) is 16.8. The van der Waals surface area contributed by atoms with E-state index in [-0.39, 0.29) is 11.7 Å². The number of ketones is 1. The summed E-state index contributed by atoms with van der Waals surface area (Å²) in [6.07, 6.45) is 4.80. The minimum atomic E-state index is -0.215.